The molecule has 2 unspecified atom stereocenters. The molecular formula is C14H26BrNO4. The SMILES string of the molecule is COC(=O)C(COC(C)(C)C)NC(Br)CCCCC=O. The Kier molecular flexibility index (Phi) is 10.1. The molecule has 0 radical (unpaired) electrons. The van der Waals surface area contributed by atoms with Gasteiger partial charge in [0.1, 0.15) is 12.3 Å². The van der Waals surface area contributed by atoms with E-state index in [4.69, 9.17) is 9.47 Å². The monoisotopic (exact) mass is 351 g/mol. The molecule has 5 nitrogen and oxygen atoms in total. The predicted molar refractivity (Wildman–Crippen MR) is 81.9 cm³/mol. The molecule has 0 aromatic heterocycles. The smallest absolute Gasteiger partial charge is 0.325 e. The molecule has 0 heterocycles. The van der Waals surface area contributed by atoms with Crippen LogP contribution in [0.25, 0.3) is 0 Å². The zero-order valence-electron chi connectivity index (χ0n) is 12.8. The molecule has 0 aromatic rings. The third kappa shape index (κ3) is 10.3. The number of carbonyl (C=O) groups excluding carboxylic acids is 2. The molecule has 20 heavy (non-hydrogen) atoms. The van der Waals surface area contributed by atoms with Crippen molar-refractivity contribution in [2.45, 2.75) is 63.0 Å². The van der Waals surface area contributed by atoms with Crippen molar-refractivity contribution in [1.82, 2.24) is 5.32 Å². The first-order chi connectivity index (χ1) is 9.30. The van der Waals surface area contributed by atoms with E-state index in [1.54, 1.807) is 0 Å². The summed E-state index contributed by atoms with van der Waals surface area (Å²) in [5, 5.41) is 3.15. The van der Waals surface area contributed by atoms with Gasteiger partial charge in [0.15, 0.2) is 0 Å². The average molecular weight is 352 g/mol. The summed E-state index contributed by atoms with van der Waals surface area (Å²) in [7, 11) is 1.36. The fourth-order valence-corrected chi connectivity index (χ4v) is 2.16. The van der Waals surface area contributed by atoms with Gasteiger partial charge < -0.3 is 14.3 Å². The average Bonchev–Trinajstić information content (AvgIpc) is 2.37. The Hall–Kier alpha value is -0.460. The lowest BCUT2D eigenvalue weighted by Crippen LogP contribution is -2.46. The molecule has 0 spiro atoms. The predicted octanol–water partition coefficient (Wildman–Crippen LogP) is 2.41. The molecule has 0 saturated carbocycles. The van der Waals surface area contributed by atoms with Gasteiger partial charge in [0.2, 0.25) is 0 Å². The number of alkyl halides is 1. The first kappa shape index (κ1) is 19.5. The zero-order valence-corrected chi connectivity index (χ0v) is 14.4. The molecule has 0 rings (SSSR count). The fourth-order valence-electron chi connectivity index (χ4n) is 1.51. The number of ether oxygens (including phenoxy) is 2. The second-order valence-corrected chi connectivity index (χ2v) is 6.69. The standard InChI is InChI=1S/C14H26BrNO4/c1-14(2,3)20-10-11(13(18)19-4)16-12(15)8-6-5-7-9-17/h9,11-12,16H,5-8,10H2,1-4H3. The van der Waals surface area contributed by atoms with Gasteiger partial charge in [0, 0.05) is 6.42 Å². The normalized spacial score (nSPS) is 14.7. The second kappa shape index (κ2) is 10.3. The van der Waals surface area contributed by atoms with Gasteiger partial charge in [0.25, 0.3) is 0 Å². The number of methoxy groups -OCH3 is 1. The summed E-state index contributed by atoms with van der Waals surface area (Å²) in [5.74, 6) is -0.341. The van der Waals surface area contributed by atoms with Gasteiger partial charge in [-0.3, -0.25) is 10.1 Å². The molecule has 0 aliphatic rings. The van der Waals surface area contributed by atoms with E-state index < -0.39 is 6.04 Å². The van der Waals surface area contributed by atoms with Crippen LogP contribution >= 0.6 is 15.9 Å². The summed E-state index contributed by atoms with van der Waals surface area (Å²) in [6.07, 6.45) is 4.10. The van der Waals surface area contributed by atoms with E-state index in [2.05, 4.69) is 21.2 Å². The van der Waals surface area contributed by atoms with E-state index in [1.165, 1.54) is 7.11 Å². The van der Waals surface area contributed by atoms with E-state index in [0.29, 0.717) is 6.42 Å². The summed E-state index contributed by atoms with van der Waals surface area (Å²) in [6.45, 7) is 6.07. The molecule has 0 aliphatic heterocycles. The van der Waals surface area contributed by atoms with E-state index in [1.807, 2.05) is 20.8 Å². The number of halogens is 1. The van der Waals surface area contributed by atoms with Crippen LogP contribution in [0.4, 0.5) is 0 Å². The van der Waals surface area contributed by atoms with Crippen molar-refractivity contribution in [2.24, 2.45) is 0 Å². The molecular weight excluding hydrogens is 326 g/mol. The van der Waals surface area contributed by atoms with Gasteiger partial charge >= 0.3 is 5.97 Å². The molecule has 6 heteroatoms. The van der Waals surface area contributed by atoms with Crippen molar-refractivity contribution in [3.63, 3.8) is 0 Å². The molecule has 0 fully saturated rings. The molecule has 0 saturated heterocycles. The van der Waals surface area contributed by atoms with Gasteiger partial charge in [-0.15, -0.1) is 0 Å². The quantitative estimate of drug-likeness (QED) is 0.215. The van der Waals surface area contributed by atoms with Crippen LogP contribution in [0.5, 0.6) is 0 Å². The molecule has 0 bridgehead atoms. The molecule has 0 aromatic carbocycles. The van der Waals surface area contributed by atoms with Crippen molar-refractivity contribution < 1.29 is 19.1 Å². The fraction of sp³-hybridized carbons (Fsp3) is 0.857. The Balaban J connectivity index is 4.20. The third-order valence-corrected chi connectivity index (χ3v) is 3.30. The maximum absolute atomic E-state index is 11.7. The van der Waals surface area contributed by atoms with E-state index >= 15 is 0 Å². The van der Waals surface area contributed by atoms with Crippen LogP contribution in [0.3, 0.4) is 0 Å². The third-order valence-electron chi connectivity index (χ3n) is 2.58. The molecule has 0 aliphatic carbocycles. The van der Waals surface area contributed by atoms with Crippen LogP contribution in [-0.4, -0.2) is 42.6 Å². The summed E-state index contributed by atoms with van der Waals surface area (Å²) >= 11 is 3.49. The lowest BCUT2D eigenvalue weighted by Gasteiger charge is -2.25. The van der Waals surface area contributed by atoms with Gasteiger partial charge in [-0.2, -0.15) is 0 Å². The van der Waals surface area contributed by atoms with E-state index in [-0.39, 0.29) is 23.1 Å². The maximum Gasteiger partial charge on any atom is 0.325 e. The largest absolute Gasteiger partial charge is 0.468 e. The van der Waals surface area contributed by atoms with E-state index in [9.17, 15) is 9.59 Å². The molecule has 2 atom stereocenters. The lowest BCUT2D eigenvalue weighted by atomic mass is 10.2. The van der Waals surface area contributed by atoms with Crippen molar-refractivity contribution in [3.05, 3.63) is 0 Å². The number of hydrogen-bond acceptors (Lipinski definition) is 5. The summed E-state index contributed by atoms with van der Waals surface area (Å²) in [4.78, 5) is 21.9. The topological polar surface area (TPSA) is 64.6 Å². The zero-order chi connectivity index (χ0) is 15.6. The van der Waals surface area contributed by atoms with Crippen molar-refractivity contribution in [1.29, 1.82) is 0 Å². The summed E-state index contributed by atoms with van der Waals surface area (Å²) in [6, 6.07) is -0.505. The van der Waals surface area contributed by atoms with Crippen LogP contribution in [0.2, 0.25) is 0 Å². The van der Waals surface area contributed by atoms with E-state index in [0.717, 1.165) is 25.5 Å². The van der Waals surface area contributed by atoms with Crippen molar-refractivity contribution in [2.75, 3.05) is 13.7 Å². The molecule has 118 valence electrons. The number of nitrogens with one attached hydrogen (secondary N) is 1. The van der Waals surface area contributed by atoms with Crippen molar-refractivity contribution in [3.8, 4) is 0 Å². The Morgan fingerprint density at radius 2 is 2.00 bits per heavy atom. The minimum atomic E-state index is -0.505. The Morgan fingerprint density at radius 1 is 1.35 bits per heavy atom. The minimum Gasteiger partial charge on any atom is -0.468 e. The Morgan fingerprint density at radius 3 is 2.50 bits per heavy atom. The number of unbranched alkanes of at least 4 members (excludes halogenated alkanes) is 2. The Labute approximate surface area is 129 Å². The van der Waals surface area contributed by atoms with Crippen LogP contribution in [0.1, 0.15) is 46.5 Å². The number of esters is 1. The summed E-state index contributed by atoms with van der Waals surface area (Å²) in [5.41, 5.74) is -0.306. The highest BCUT2D eigenvalue weighted by atomic mass is 79.9. The maximum atomic E-state index is 11.7. The van der Waals surface area contributed by atoms with Crippen LogP contribution in [0.15, 0.2) is 0 Å². The first-order valence-electron chi connectivity index (χ1n) is 6.85. The molecule has 1 N–H and O–H groups in total. The highest BCUT2D eigenvalue weighted by molar-refractivity contribution is 9.09. The highest BCUT2D eigenvalue weighted by Crippen LogP contribution is 2.12. The van der Waals surface area contributed by atoms with Crippen LogP contribution < -0.4 is 5.32 Å². The number of hydrogen-bond donors (Lipinski definition) is 1. The number of carbonyl (C=O) groups is 2. The molecule has 0 amide bonds. The van der Waals surface area contributed by atoms with Crippen LogP contribution in [0, 0.1) is 0 Å². The minimum absolute atomic E-state index is 0.0122. The number of aldehydes is 1. The van der Waals surface area contributed by atoms with Crippen molar-refractivity contribution >= 4 is 28.2 Å². The lowest BCUT2D eigenvalue weighted by molar-refractivity contribution is -0.146. The second-order valence-electron chi connectivity index (χ2n) is 5.58. The first-order valence-corrected chi connectivity index (χ1v) is 7.77. The Bertz CT molecular complexity index is 291. The van der Waals surface area contributed by atoms with Gasteiger partial charge in [-0.25, -0.2) is 0 Å². The number of rotatable bonds is 10. The van der Waals surface area contributed by atoms with Gasteiger partial charge in [0.05, 0.1) is 24.3 Å². The van der Waals surface area contributed by atoms with Crippen LogP contribution in [-0.2, 0) is 19.1 Å². The summed E-state index contributed by atoms with van der Waals surface area (Å²) < 4.78 is 10.4. The van der Waals surface area contributed by atoms with Gasteiger partial charge in [-0.05, 0) is 33.6 Å². The highest BCUT2D eigenvalue weighted by Gasteiger charge is 2.24. The van der Waals surface area contributed by atoms with Gasteiger partial charge in [-0.1, -0.05) is 22.4 Å².